The van der Waals surface area contributed by atoms with Crippen molar-refractivity contribution in [2.24, 2.45) is 0 Å². The van der Waals surface area contributed by atoms with Gasteiger partial charge in [-0.2, -0.15) is 4.31 Å². The third-order valence-electron chi connectivity index (χ3n) is 0.213. The van der Waals surface area contributed by atoms with E-state index in [1.165, 1.54) is 0 Å². The highest BCUT2D eigenvalue weighted by molar-refractivity contribution is 7.60. The van der Waals surface area contributed by atoms with E-state index in [2.05, 4.69) is 4.31 Å². The summed E-state index contributed by atoms with van der Waals surface area (Å²) in [5, 5.41) is 0. The summed E-state index contributed by atoms with van der Waals surface area (Å²) in [6, 6.07) is 0. The maximum atomic E-state index is 9.63. The van der Waals surface area contributed by atoms with Crippen LogP contribution in [0.4, 0.5) is 0 Å². The van der Waals surface area contributed by atoms with E-state index >= 15 is 0 Å². The second-order valence-corrected chi connectivity index (χ2v) is 6.76. The molecule has 0 bridgehead atoms. The molecule has 0 saturated carbocycles. The van der Waals surface area contributed by atoms with Crippen LogP contribution in [0.5, 0.6) is 0 Å². The average molecular weight is 374 g/mol. The van der Waals surface area contributed by atoms with Crippen LogP contribution in [0.15, 0.2) is 0 Å². The Morgan fingerprint density at radius 3 is 0.579 bits per heavy atom. The summed E-state index contributed by atoms with van der Waals surface area (Å²) in [6.07, 6.45) is 0. The van der Waals surface area contributed by atoms with Crippen LogP contribution < -0.4 is 0 Å². The normalized spacial score (nSPS) is 12.7. The lowest BCUT2D eigenvalue weighted by Gasteiger charge is -2.03. The Morgan fingerprint density at radius 2 is 0.579 bits per heavy atom. The molecule has 15 nitrogen and oxygen atoms in total. The van der Waals surface area contributed by atoms with E-state index in [0.717, 1.165) is 0 Å². The lowest BCUT2D eigenvalue weighted by atomic mass is 15.7. The smallest absolute Gasteiger partial charge is 0.303 e. The summed E-state index contributed by atoms with van der Waals surface area (Å²) in [4.78, 5) is 74.1. The van der Waals surface area contributed by atoms with Gasteiger partial charge in [0.2, 0.25) is 0 Å². The van der Waals surface area contributed by atoms with Gasteiger partial charge in [-0.15, -0.1) is 0 Å². The second-order valence-electron chi connectivity index (χ2n) is 2.09. The van der Waals surface area contributed by atoms with Crippen molar-refractivity contribution < 1.29 is 71.5 Å². The van der Waals surface area contributed by atoms with Crippen molar-refractivity contribution in [2.45, 2.75) is 0 Å². The van der Waals surface area contributed by atoms with Gasteiger partial charge in [-0.1, -0.05) is 0 Å². The first-order valence-electron chi connectivity index (χ1n) is 3.10. The predicted octanol–water partition coefficient (Wildman–Crippen LogP) is -2.67. The van der Waals surface area contributed by atoms with Crippen molar-refractivity contribution in [1.82, 2.24) is 0 Å². The Balaban J connectivity index is -0.000000219. The first kappa shape index (κ1) is 24.5. The summed E-state index contributed by atoms with van der Waals surface area (Å²) in [5.41, 5.74) is 0. The molecule has 0 amide bonds. The molecule has 0 radical (unpaired) electrons. The van der Waals surface area contributed by atoms with Crippen molar-refractivity contribution >= 4 is 31.3 Å². The van der Waals surface area contributed by atoms with Gasteiger partial charge < -0.3 is 48.9 Å². The zero-order valence-corrected chi connectivity index (χ0v) is 11.9. The van der Waals surface area contributed by atoms with Crippen molar-refractivity contribution in [1.29, 1.82) is 0 Å². The maximum Gasteiger partial charge on any atom is 0.478 e. The molecular weight excluding hydrogens is 364 g/mol. The average Bonchev–Trinajstić information content (AvgIpc) is 1.63. The highest BCUT2D eigenvalue weighted by Crippen LogP contribution is 2.53. The molecule has 0 saturated heterocycles. The van der Waals surface area contributed by atoms with Crippen molar-refractivity contribution in [3.8, 4) is 0 Å². The molecule has 0 atom stereocenters. The fraction of sp³-hybridized carbons (Fsp3) is 0. The maximum absolute atomic E-state index is 9.63. The van der Waals surface area contributed by atoms with E-state index in [-0.39, 0.29) is 0 Å². The molecule has 120 valence electrons. The predicted molar refractivity (Wildman–Crippen MR) is 53.7 cm³/mol. The van der Waals surface area contributed by atoms with Crippen LogP contribution in [0.3, 0.4) is 0 Å². The standard InChI is InChI=1S/H4O7P2.2H3O4P/c1-8(2,3)7-9(4,5)6;2*1-5(2,3)4/h(H2,1,2,3)(H2,4,5,6);2*(H3,1,2,3,4). The molecule has 0 heterocycles. The van der Waals surface area contributed by atoms with Gasteiger partial charge in [-0.3, -0.25) is 0 Å². The molecule has 19 heavy (non-hydrogen) atoms. The number of phosphoric acid groups is 4. The molecule has 0 rings (SSSR count). The lowest BCUT2D eigenvalue weighted by Crippen LogP contribution is -1.84. The van der Waals surface area contributed by atoms with Crippen LogP contribution in [-0.4, -0.2) is 48.9 Å². The van der Waals surface area contributed by atoms with E-state index in [9.17, 15) is 9.13 Å². The monoisotopic (exact) mass is 374 g/mol. The second kappa shape index (κ2) is 8.70. The fourth-order valence-corrected chi connectivity index (χ4v) is 1.25. The first-order valence-corrected chi connectivity index (χ1v) is 9.29. The first-order chi connectivity index (χ1) is 7.71. The number of hydrogen-bond acceptors (Lipinski definition) is 5. The number of hydrogen-bond donors (Lipinski definition) is 10. The van der Waals surface area contributed by atoms with Gasteiger partial charge in [0.15, 0.2) is 0 Å². The minimum absolute atomic E-state index is 2.96. The highest BCUT2D eigenvalue weighted by atomic mass is 31.3. The Labute approximate surface area is 104 Å². The fourth-order valence-electron chi connectivity index (χ4n) is 0.139. The molecule has 0 spiro atoms. The van der Waals surface area contributed by atoms with Gasteiger partial charge in [-0.05, 0) is 0 Å². The summed E-state index contributed by atoms with van der Waals surface area (Å²) in [6.45, 7) is 0. The molecule has 0 aromatic heterocycles. The topological polar surface area (TPSA) is 280 Å². The molecule has 0 unspecified atom stereocenters. The van der Waals surface area contributed by atoms with Crippen molar-refractivity contribution in [3.05, 3.63) is 0 Å². The van der Waals surface area contributed by atoms with Gasteiger partial charge in [0, 0.05) is 0 Å². The van der Waals surface area contributed by atoms with Gasteiger partial charge in [0.05, 0.1) is 0 Å². The lowest BCUT2D eigenvalue weighted by molar-refractivity contribution is 0.224. The zero-order valence-electron chi connectivity index (χ0n) is 8.30. The van der Waals surface area contributed by atoms with Gasteiger partial charge in [-0.25, -0.2) is 18.3 Å². The van der Waals surface area contributed by atoms with Crippen molar-refractivity contribution in [2.75, 3.05) is 0 Å². The largest absolute Gasteiger partial charge is 0.478 e. The summed E-state index contributed by atoms with van der Waals surface area (Å²) in [7, 11) is -19.4. The minimum atomic E-state index is -5.05. The van der Waals surface area contributed by atoms with E-state index in [1.807, 2.05) is 0 Å². The Bertz CT molecular complexity index is 349. The van der Waals surface area contributed by atoms with E-state index < -0.39 is 31.3 Å². The van der Waals surface area contributed by atoms with Gasteiger partial charge in [0.25, 0.3) is 0 Å². The van der Waals surface area contributed by atoms with E-state index in [4.69, 9.17) is 58.1 Å². The van der Waals surface area contributed by atoms with Crippen LogP contribution in [0, 0.1) is 0 Å². The van der Waals surface area contributed by atoms with Gasteiger partial charge in [0.1, 0.15) is 0 Å². The summed E-state index contributed by atoms with van der Waals surface area (Å²) >= 11 is 0. The molecule has 0 aromatic carbocycles. The molecular formula is H10O15P4. The Kier molecular flexibility index (Phi) is 11.2. The molecule has 0 aliphatic rings. The van der Waals surface area contributed by atoms with Crippen LogP contribution in [0.25, 0.3) is 0 Å². The number of rotatable bonds is 2. The van der Waals surface area contributed by atoms with E-state index in [1.54, 1.807) is 0 Å². The Hall–Kier alpha value is 0.480. The summed E-state index contributed by atoms with van der Waals surface area (Å²) in [5.74, 6) is 0. The van der Waals surface area contributed by atoms with Crippen molar-refractivity contribution in [3.63, 3.8) is 0 Å². The summed E-state index contributed by atoms with van der Waals surface area (Å²) < 4.78 is 40.0. The minimum Gasteiger partial charge on any atom is -0.303 e. The molecule has 10 N–H and O–H groups in total. The molecule has 0 fully saturated rings. The highest BCUT2D eigenvalue weighted by Gasteiger charge is 2.27. The Morgan fingerprint density at radius 1 is 0.474 bits per heavy atom. The van der Waals surface area contributed by atoms with Crippen LogP contribution in [-0.2, 0) is 22.6 Å². The van der Waals surface area contributed by atoms with Gasteiger partial charge >= 0.3 is 31.3 Å². The molecule has 0 aromatic rings. The molecule has 0 aliphatic heterocycles. The third-order valence-corrected chi connectivity index (χ3v) is 1.91. The molecule has 0 aliphatic carbocycles. The van der Waals surface area contributed by atoms with E-state index in [0.29, 0.717) is 0 Å². The van der Waals surface area contributed by atoms with Crippen LogP contribution >= 0.6 is 31.3 Å². The molecule has 19 heteroatoms. The third kappa shape index (κ3) is 120. The van der Waals surface area contributed by atoms with Crippen LogP contribution in [0.1, 0.15) is 0 Å². The SMILES string of the molecule is O=P(O)(O)O.O=P(O)(O)O.O=P(O)(O)OP(=O)(O)O. The van der Waals surface area contributed by atoms with Crippen LogP contribution in [0.2, 0.25) is 0 Å². The zero-order chi connectivity index (χ0) is 16.7. The quantitative estimate of drug-likeness (QED) is 0.221.